The minimum Gasteiger partial charge on any atom is -0.459 e. The number of carbonyl (C=O) groups is 1. The maximum Gasteiger partial charge on any atom is 0.331 e. The topological polar surface area (TPSA) is 26.3 Å². The Bertz CT molecular complexity index is 476. The number of hydrogen-bond acceptors (Lipinski definition) is 2. The van der Waals surface area contributed by atoms with Crippen molar-refractivity contribution >= 4 is 12.0 Å². The Morgan fingerprint density at radius 3 is 2.57 bits per heavy atom. The molecule has 2 heteroatoms. The Morgan fingerprint density at radius 2 is 1.90 bits per heavy atom. The predicted octanol–water partition coefficient (Wildman–Crippen LogP) is 4.70. The van der Waals surface area contributed by atoms with Crippen LogP contribution in [0.1, 0.15) is 45.6 Å². The van der Waals surface area contributed by atoms with E-state index in [-0.39, 0.29) is 12.1 Å². The SMILES string of the molecule is CC1CC(OC(=O)C=Cc2ccccc2)CC(C(C)C)C1. The van der Waals surface area contributed by atoms with Gasteiger partial charge in [-0.3, -0.25) is 0 Å². The molecule has 0 N–H and O–H groups in total. The number of hydrogen-bond donors (Lipinski definition) is 0. The zero-order chi connectivity index (χ0) is 15.2. The summed E-state index contributed by atoms with van der Waals surface area (Å²) in [6.07, 6.45) is 6.69. The summed E-state index contributed by atoms with van der Waals surface area (Å²) in [5.41, 5.74) is 1.02. The monoisotopic (exact) mass is 286 g/mol. The maximum atomic E-state index is 12.0. The molecule has 1 saturated carbocycles. The molecule has 0 aromatic heterocycles. The van der Waals surface area contributed by atoms with Crippen molar-refractivity contribution in [1.29, 1.82) is 0 Å². The predicted molar refractivity (Wildman–Crippen MR) is 86.7 cm³/mol. The summed E-state index contributed by atoms with van der Waals surface area (Å²) >= 11 is 0. The van der Waals surface area contributed by atoms with Crippen molar-refractivity contribution in [3.8, 4) is 0 Å². The molecule has 0 saturated heterocycles. The zero-order valence-electron chi connectivity index (χ0n) is 13.3. The molecule has 2 nitrogen and oxygen atoms in total. The molecule has 2 rings (SSSR count). The van der Waals surface area contributed by atoms with E-state index in [1.165, 1.54) is 6.42 Å². The highest BCUT2D eigenvalue weighted by atomic mass is 16.5. The van der Waals surface area contributed by atoms with Crippen molar-refractivity contribution in [3.05, 3.63) is 42.0 Å². The maximum absolute atomic E-state index is 12.0. The Hall–Kier alpha value is -1.57. The number of benzene rings is 1. The third-order valence-corrected chi connectivity index (χ3v) is 4.37. The van der Waals surface area contributed by atoms with E-state index >= 15 is 0 Å². The fourth-order valence-corrected chi connectivity index (χ4v) is 3.16. The van der Waals surface area contributed by atoms with Gasteiger partial charge in [0.25, 0.3) is 0 Å². The standard InChI is InChI=1S/C19H26O2/c1-14(2)17-11-15(3)12-18(13-17)21-19(20)10-9-16-7-5-4-6-8-16/h4-10,14-15,17-18H,11-13H2,1-3H3. The highest BCUT2D eigenvalue weighted by Gasteiger charge is 2.30. The number of ether oxygens (including phenoxy) is 1. The molecule has 0 spiro atoms. The van der Waals surface area contributed by atoms with E-state index in [1.807, 2.05) is 36.4 Å². The van der Waals surface area contributed by atoms with Crippen LogP contribution in [0.5, 0.6) is 0 Å². The Morgan fingerprint density at radius 1 is 1.19 bits per heavy atom. The average molecular weight is 286 g/mol. The van der Waals surface area contributed by atoms with E-state index in [9.17, 15) is 4.79 Å². The fraction of sp³-hybridized carbons (Fsp3) is 0.526. The molecule has 0 amide bonds. The molecule has 1 fully saturated rings. The molecular formula is C19H26O2. The molecule has 114 valence electrons. The minimum atomic E-state index is -0.222. The second kappa shape index (κ2) is 7.44. The largest absolute Gasteiger partial charge is 0.459 e. The van der Waals surface area contributed by atoms with Gasteiger partial charge in [-0.1, -0.05) is 51.1 Å². The Balaban J connectivity index is 1.88. The first-order valence-corrected chi connectivity index (χ1v) is 7.98. The highest BCUT2D eigenvalue weighted by Crippen LogP contribution is 2.35. The average Bonchev–Trinajstić information content (AvgIpc) is 2.45. The van der Waals surface area contributed by atoms with Crippen LogP contribution in [0.25, 0.3) is 6.08 Å². The first kappa shape index (κ1) is 15.8. The molecule has 1 aromatic carbocycles. The van der Waals surface area contributed by atoms with E-state index in [2.05, 4.69) is 20.8 Å². The van der Waals surface area contributed by atoms with E-state index in [0.29, 0.717) is 17.8 Å². The van der Waals surface area contributed by atoms with Gasteiger partial charge in [0.05, 0.1) is 0 Å². The second-order valence-electron chi connectivity index (χ2n) is 6.62. The molecule has 21 heavy (non-hydrogen) atoms. The van der Waals surface area contributed by atoms with Crippen LogP contribution in [-0.2, 0) is 9.53 Å². The summed E-state index contributed by atoms with van der Waals surface area (Å²) in [6.45, 7) is 6.78. The van der Waals surface area contributed by atoms with Crippen molar-refractivity contribution in [2.45, 2.75) is 46.1 Å². The van der Waals surface area contributed by atoms with Gasteiger partial charge in [-0.2, -0.15) is 0 Å². The lowest BCUT2D eigenvalue weighted by Crippen LogP contribution is -2.31. The lowest BCUT2D eigenvalue weighted by Gasteiger charge is -2.34. The molecule has 3 unspecified atom stereocenters. The van der Waals surface area contributed by atoms with Gasteiger partial charge in [0, 0.05) is 6.08 Å². The van der Waals surface area contributed by atoms with Crippen LogP contribution in [0.3, 0.4) is 0 Å². The summed E-state index contributed by atoms with van der Waals surface area (Å²) in [6, 6.07) is 9.83. The molecule has 1 aliphatic carbocycles. The highest BCUT2D eigenvalue weighted by molar-refractivity contribution is 5.87. The normalized spacial score (nSPS) is 26.2. The Labute approximate surface area is 128 Å². The summed E-state index contributed by atoms with van der Waals surface area (Å²) in [5, 5.41) is 0. The molecule has 1 aromatic rings. The third-order valence-electron chi connectivity index (χ3n) is 4.37. The smallest absolute Gasteiger partial charge is 0.331 e. The third kappa shape index (κ3) is 5.04. The minimum absolute atomic E-state index is 0.0778. The molecule has 1 aliphatic rings. The van der Waals surface area contributed by atoms with E-state index in [0.717, 1.165) is 18.4 Å². The van der Waals surface area contributed by atoms with Gasteiger partial charge in [0.15, 0.2) is 0 Å². The van der Waals surface area contributed by atoms with Gasteiger partial charge in [-0.05, 0) is 48.7 Å². The summed E-state index contributed by atoms with van der Waals surface area (Å²) in [5.74, 6) is 1.75. The lowest BCUT2D eigenvalue weighted by atomic mass is 9.75. The Kier molecular flexibility index (Phi) is 5.60. The van der Waals surface area contributed by atoms with Crippen LogP contribution in [0.15, 0.2) is 36.4 Å². The lowest BCUT2D eigenvalue weighted by molar-refractivity contribution is -0.146. The van der Waals surface area contributed by atoms with Crippen molar-refractivity contribution in [2.75, 3.05) is 0 Å². The first-order chi connectivity index (χ1) is 10.0. The van der Waals surface area contributed by atoms with Crippen molar-refractivity contribution in [3.63, 3.8) is 0 Å². The molecule has 0 bridgehead atoms. The number of esters is 1. The van der Waals surface area contributed by atoms with Crippen LogP contribution >= 0.6 is 0 Å². The summed E-state index contributed by atoms with van der Waals surface area (Å²) in [4.78, 5) is 12.0. The summed E-state index contributed by atoms with van der Waals surface area (Å²) in [7, 11) is 0. The van der Waals surface area contributed by atoms with Gasteiger partial charge in [-0.25, -0.2) is 4.79 Å². The number of carbonyl (C=O) groups excluding carboxylic acids is 1. The quantitative estimate of drug-likeness (QED) is 0.592. The molecule has 0 heterocycles. The molecular weight excluding hydrogens is 260 g/mol. The van der Waals surface area contributed by atoms with Crippen LogP contribution in [0, 0.1) is 17.8 Å². The van der Waals surface area contributed by atoms with E-state index < -0.39 is 0 Å². The van der Waals surface area contributed by atoms with Crippen LogP contribution < -0.4 is 0 Å². The zero-order valence-corrected chi connectivity index (χ0v) is 13.3. The van der Waals surface area contributed by atoms with Gasteiger partial charge in [0.2, 0.25) is 0 Å². The second-order valence-corrected chi connectivity index (χ2v) is 6.62. The molecule has 0 radical (unpaired) electrons. The van der Waals surface area contributed by atoms with Gasteiger partial charge in [-0.15, -0.1) is 0 Å². The van der Waals surface area contributed by atoms with Gasteiger partial charge >= 0.3 is 5.97 Å². The van der Waals surface area contributed by atoms with Crippen LogP contribution in [0.2, 0.25) is 0 Å². The van der Waals surface area contributed by atoms with Gasteiger partial charge in [0.1, 0.15) is 6.10 Å². The van der Waals surface area contributed by atoms with Gasteiger partial charge < -0.3 is 4.74 Å². The molecule has 3 atom stereocenters. The summed E-state index contributed by atoms with van der Waals surface area (Å²) < 4.78 is 5.64. The van der Waals surface area contributed by atoms with Crippen molar-refractivity contribution < 1.29 is 9.53 Å². The fourth-order valence-electron chi connectivity index (χ4n) is 3.16. The first-order valence-electron chi connectivity index (χ1n) is 7.98. The van der Waals surface area contributed by atoms with E-state index in [1.54, 1.807) is 6.08 Å². The van der Waals surface area contributed by atoms with Crippen LogP contribution in [0.4, 0.5) is 0 Å². The van der Waals surface area contributed by atoms with Crippen LogP contribution in [-0.4, -0.2) is 12.1 Å². The van der Waals surface area contributed by atoms with Crippen molar-refractivity contribution in [2.24, 2.45) is 17.8 Å². The van der Waals surface area contributed by atoms with E-state index in [4.69, 9.17) is 4.74 Å². The molecule has 0 aliphatic heterocycles. The van der Waals surface area contributed by atoms with Crippen molar-refractivity contribution in [1.82, 2.24) is 0 Å². The number of rotatable bonds is 4.